The summed E-state index contributed by atoms with van der Waals surface area (Å²) in [5, 5.41) is 0. The van der Waals surface area contributed by atoms with E-state index in [9.17, 15) is 4.79 Å². The molecule has 1 heterocycles. The van der Waals surface area contributed by atoms with Gasteiger partial charge in [-0.2, -0.15) is 0 Å². The van der Waals surface area contributed by atoms with Gasteiger partial charge in [0.05, 0.1) is 9.26 Å². The summed E-state index contributed by atoms with van der Waals surface area (Å²) in [4.78, 5) is 19.2. The molecule has 1 aliphatic carbocycles. The highest BCUT2D eigenvalue weighted by atomic mass is 127. The van der Waals surface area contributed by atoms with Gasteiger partial charge in [0, 0.05) is 5.92 Å². The first-order valence-corrected chi connectivity index (χ1v) is 6.38. The van der Waals surface area contributed by atoms with Crippen LogP contribution in [0.5, 0.6) is 0 Å². The summed E-state index contributed by atoms with van der Waals surface area (Å²) >= 11 is 2.08. The third-order valence-electron chi connectivity index (χ3n) is 2.91. The van der Waals surface area contributed by atoms with Crippen molar-refractivity contribution in [3.05, 3.63) is 25.4 Å². The fraction of sp³-hybridized carbons (Fsp3) is 0.636. The second-order valence-electron chi connectivity index (χ2n) is 4.62. The number of halogens is 1. The van der Waals surface area contributed by atoms with E-state index >= 15 is 0 Å². The van der Waals surface area contributed by atoms with Gasteiger partial charge in [0.25, 0.3) is 5.56 Å². The maximum Gasteiger partial charge on any atom is 0.264 e. The summed E-state index contributed by atoms with van der Waals surface area (Å²) in [6, 6.07) is 0. The molecular formula is C11H15IN2O. The zero-order valence-corrected chi connectivity index (χ0v) is 11.3. The van der Waals surface area contributed by atoms with Gasteiger partial charge in [-0.25, -0.2) is 4.98 Å². The standard InChI is InChI=1S/C11H15IN2O/c1-5(2)9-8(12)11(15)14-10(13-9)7-4-6(7)3/h5-7H,4H2,1-3H3,(H,13,14,15). The van der Waals surface area contributed by atoms with Gasteiger partial charge in [-0.15, -0.1) is 0 Å². The van der Waals surface area contributed by atoms with Gasteiger partial charge < -0.3 is 4.98 Å². The van der Waals surface area contributed by atoms with Gasteiger partial charge in [0.2, 0.25) is 0 Å². The van der Waals surface area contributed by atoms with E-state index in [0.29, 0.717) is 17.8 Å². The van der Waals surface area contributed by atoms with Crippen LogP contribution in [0.4, 0.5) is 0 Å². The first-order valence-electron chi connectivity index (χ1n) is 5.30. The fourth-order valence-electron chi connectivity index (χ4n) is 1.76. The molecule has 1 aromatic heterocycles. The molecule has 0 aromatic carbocycles. The molecular weight excluding hydrogens is 303 g/mol. The van der Waals surface area contributed by atoms with Crippen molar-refractivity contribution in [1.82, 2.24) is 9.97 Å². The molecule has 0 spiro atoms. The number of nitrogens with zero attached hydrogens (tertiary/aromatic N) is 1. The highest BCUT2D eigenvalue weighted by molar-refractivity contribution is 14.1. The molecule has 1 aromatic rings. The van der Waals surface area contributed by atoms with Crippen molar-refractivity contribution in [2.75, 3.05) is 0 Å². The van der Waals surface area contributed by atoms with Gasteiger partial charge >= 0.3 is 0 Å². The largest absolute Gasteiger partial charge is 0.309 e. The van der Waals surface area contributed by atoms with Crippen LogP contribution in [0.15, 0.2) is 4.79 Å². The predicted octanol–water partition coefficient (Wildman–Crippen LogP) is 2.62. The van der Waals surface area contributed by atoms with Crippen LogP contribution >= 0.6 is 22.6 Å². The second-order valence-corrected chi connectivity index (χ2v) is 5.70. The summed E-state index contributed by atoms with van der Waals surface area (Å²) in [6.45, 7) is 6.34. The van der Waals surface area contributed by atoms with Gasteiger partial charge in [-0.05, 0) is 40.8 Å². The summed E-state index contributed by atoms with van der Waals surface area (Å²) in [5.41, 5.74) is 0.955. The summed E-state index contributed by atoms with van der Waals surface area (Å²) in [7, 11) is 0. The molecule has 1 saturated carbocycles. The van der Waals surface area contributed by atoms with Crippen LogP contribution in [0.2, 0.25) is 0 Å². The number of H-pyrrole nitrogens is 1. The van der Waals surface area contributed by atoms with Crippen LogP contribution in [0.1, 0.15) is 50.5 Å². The number of rotatable bonds is 2. The molecule has 0 bridgehead atoms. The fourth-order valence-corrected chi connectivity index (χ4v) is 2.63. The molecule has 0 radical (unpaired) electrons. The van der Waals surface area contributed by atoms with Crippen LogP contribution in [0.3, 0.4) is 0 Å². The quantitative estimate of drug-likeness (QED) is 0.852. The molecule has 82 valence electrons. The first-order chi connectivity index (χ1) is 7.00. The molecule has 15 heavy (non-hydrogen) atoms. The van der Waals surface area contributed by atoms with Crippen LogP contribution < -0.4 is 5.56 Å². The molecule has 1 aliphatic rings. The number of hydrogen-bond donors (Lipinski definition) is 1. The van der Waals surface area contributed by atoms with Crippen molar-refractivity contribution >= 4 is 22.6 Å². The Morgan fingerprint density at radius 2 is 2.13 bits per heavy atom. The predicted molar refractivity (Wildman–Crippen MR) is 68.2 cm³/mol. The summed E-state index contributed by atoms with van der Waals surface area (Å²) in [5.74, 6) is 2.35. The topological polar surface area (TPSA) is 45.8 Å². The van der Waals surface area contributed by atoms with Crippen LogP contribution in [0.25, 0.3) is 0 Å². The summed E-state index contributed by atoms with van der Waals surface area (Å²) in [6.07, 6.45) is 1.15. The Balaban J connectivity index is 2.47. The van der Waals surface area contributed by atoms with Crippen molar-refractivity contribution in [3.63, 3.8) is 0 Å². The molecule has 1 N–H and O–H groups in total. The Morgan fingerprint density at radius 3 is 2.60 bits per heavy atom. The van der Waals surface area contributed by atoms with Gasteiger partial charge in [0.15, 0.2) is 0 Å². The third kappa shape index (κ3) is 2.09. The van der Waals surface area contributed by atoms with E-state index < -0.39 is 0 Å². The van der Waals surface area contributed by atoms with Crippen molar-refractivity contribution in [2.24, 2.45) is 5.92 Å². The zero-order chi connectivity index (χ0) is 11.2. The lowest BCUT2D eigenvalue weighted by atomic mass is 10.1. The lowest BCUT2D eigenvalue weighted by molar-refractivity contribution is 0.751. The zero-order valence-electron chi connectivity index (χ0n) is 9.17. The number of nitrogens with one attached hydrogen (secondary N) is 1. The lowest BCUT2D eigenvalue weighted by Gasteiger charge is -2.08. The van der Waals surface area contributed by atoms with E-state index in [1.54, 1.807) is 0 Å². The Labute approximate surface area is 103 Å². The summed E-state index contributed by atoms with van der Waals surface area (Å²) < 4.78 is 0.736. The molecule has 2 rings (SSSR count). The normalized spacial score (nSPS) is 24.6. The minimum atomic E-state index is 0.0170. The van der Waals surface area contributed by atoms with E-state index in [1.165, 1.54) is 0 Å². The third-order valence-corrected chi connectivity index (χ3v) is 3.96. The second kappa shape index (κ2) is 3.88. The average molecular weight is 318 g/mol. The van der Waals surface area contributed by atoms with Crippen molar-refractivity contribution in [3.8, 4) is 0 Å². The van der Waals surface area contributed by atoms with E-state index in [0.717, 1.165) is 21.5 Å². The number of aromatic amines is 1. The van der Waals surface area contributed by atoms with Crippen LogP contribution in [-0.2, 0) is 0 Å². The molecule has 0 saturated heterocycles. The van der Waals surface area contributed by atoms with E-state index in [4.69, 9.17) is 0 Å². The smallest absolute Gasteiger partial charge is 0.264 e. The van der Waals surface area contributed by atoms with Crippen molar-refractivity contribution in [1.29, 1.82) is 0 Å². The van der Waals surface area contributed by atoms with Crippen LogP contribution in [-0.4, -0.2) is 9.97 Å². The van der Waals surface area contributed by atoms with Crippen molar-refractivity contribution in [2.45, 2.75) is 39.0 Å². The molecule has 1 fully saturated rings. The van der Waals surface area contributed by atoms with Crippen molar-refractivity contribution < 1.29 is 0 Å². The maximum absolute atomic E-state index is 11.7. The molecule has 4 heteroatoms. The monoisotopic (exact) mass is 318 g/mol. The average Bonchev–Trinajstić information content (AvgIpc) is 2.87. The SMILES string of the molecule is CC(C)c1nc(C2CC2C)[nH]c(=O)c1I. The van der Waals surface area contributed by atoms with Gasteiger partial charge in [-0.3, -0.25) is 4.79 Å². The highest BCUT2D eigenvalue weighted by Crippen LogP contribution is 2.45. The van der Waals surface area contributed by atoms with Crippen LogP contribution in [0, 0.1) is 9.49 Å². The Kier molecular flexibility index (Phi) is 2.87. The molecule has 0 amide bonds. The molecule has 3 nitrogen and oxygen atoms in total. The highest BCUT2D eigenvalue weighted by Gasteiger charge is 2.36. The Hall–Kier alpha value is -0.390. The van der Waals surface area contributed by atoms with Gasteiger partial charge in [0.1, 0.15) is 5.82 Å². The molecule has 2 unspecified atom stereocenters. The van der Waals surface area contributed by atoms with E-state index in [2.05, 4.69) is 53.3 Å². The number of hydrogen-bond acceptors (Lipinski definition) is 2. The van der Waals surface area contributed by atoms with Gasteiger partial charge in [-0.1, -0.05) is 20.8 Å². The minimum absolute atomic E-state index is 0.0170. The first kappa shape index (κ1) is 11.1. The maximum atomic E-state index is 11.7. The molecule has 2 atom stereocenters. The minimum Gasteiger partial charge on any atom is -0.309 e. The number of aromatic nitrogens is 2. The van der Waals surface area contributed by atoms with E-state index in [1.807, 2.05) is 0 Å². The Bertz CT molecular complexity index is 439. The Morgan fingerprint density at radius 1 is 1.53 bits per heavy atom. The van der Waals surface area contributed by atoms with E-state index in [-0.39, 0.29) is 5.56 Å². The molecule has 0 aliphatic heterocycles. The lowest BCUT2D eigenvalue weighted by Crippen LogP contribution is -2.18.